The van der Waals surface area contributed by atoms with E-state index in [0.717, 1.165) is 0 Å². The van der Waals surface area contributed by atoms with Gasteiger partial charge < -0.3 is 4.74 Å². The Morgan fingerprint density at radius 3 is 2.11 bits per heavy atom. The number of rotatable bonds is 2. The summed E-state index contributed by atoms with van der Waals surface area (Å²) in [5, 5.41) is 0.414. The smallest absolute Gasteiger partial charge is 0.346 e. The van der Waals surface area contributed by atoms with Gasteiger partial charge in [0.2, 0.25) is 0 Å². The van der Waals surface area contributed by atoms with E-state index in [4.69, 9.17) is 16.3 Å². The fraction of sp³-hybridized carbons (Fsp3) is 0. The minimum absolute atomic E-state index is 0.242. The zero-order chi connectivity index (χ0) is 13.0. The molecule has 0 fully saturated rings. The Morgan fingerprint density at radius 2 is 1.44 bits per heavy atom. The predicted octanol–water partition coefficient (Wildman–Crippen LogP) is 3.34. The quantitative estimate of drug-likeness (QED) is 0.614. The normalized spacial score (nSPS) is 9.83. The highest BCUT2D eigenvalue weighted by Gasteiger charge is 2.14. The lowest BCUT2D eigenvalue weighted by atomic mass is 10.2. The van der Waals surface area contributed by atoms with Crippen LogP contribution in [0, 0.1) is 0 Å². The van der Waals surface area contributed by atoms with Gasteiger partial charge in [-0.05, 0) is 30.3 Å². The van der Waals surface area contributed by atoms with Crippen LogP contribution in [0.4, 0.5) is 0 Å². The maximum Gasteiger partial charge on any atom is 0.346 e. The van der Waals surface area contributed by atoms with Crippen molar-refractivity contribution < 1.29 is 14.3 Å². The Hall–Kier alpha value is -2.13. The van der Waals surface area contributed by atoms with Crippen LogP contribution < -0.4 is 0 Å². The van der Waals surface area contributed by atoms with E-state index < -0.39 is 11.9 Å². The fourth-order valence-electron chi connectivity index (χ4n) is 1.39. The molecule has 0 aliphatic rings. The first-order valence-corrected chi connectivity index (χ1v) is 5.62. The van der Waals surface area contributed by atoms with Gasteiger partial charge in [0.15, 0.2) is 0 Å². The summed E-state index contributed by atoms with van der Waals surface area (Å²) in [6.07, 6.45) is 0. The standard InChI is InChI=1S/C14H9ClO3/c15-12-8-4-7-11(9-12)14(17)18-13(16)10-5-2-1-3-6-10/h1-9H. The Balaban J connectivity index is 2.11. The summed E-state index contributed by atoms with van der Waals surface area (Å²) in [5.41, 5.74) is 0.569. The van der Waals surface area contributed by atoms with Crippen LogP contribution in [0.15, 0.2) is 54.6 Å². The average molecular weight is 261 g/mol. The molecule has 18 heavy (non-hydrogen) atoms. The maximum atomic E-state index is 11.7. The molecule has 0 saturated heterocycles. The van der Waals surface area contributed by atoms with Crippen LogP contribution in [0.5, 0.6) is 0 Å². The van der Waals surface area contributed by atoms with Crippen LogP contribution in [0.3, 0.4) is 0 Å². The van der Waals surface area contributed by atoms with Gasteiger partial charge >= 0.3 is 11.9 Å². The molecule has 0 atom stereocenters. The molecule has 2 aromatic rings. The second kappa shape index (κ2) is 5.47. The summed E-state index contributed by atoms with van der Waals surface area (Å²) in [5.74, 6) is -1.40. The summed E-state index contributed by atoms with van der Waals surface area (Å²) in [6.45, 7) is 0. The molecule has 2 rings (SSSR count). The first kappa shape index (κ1) is 12.3. The molecule has 4 heteroatoms. The van der Waals surface area contributed by atoms with Crippen molar-refractivity contribution in [1.82, 2.24) is 0 Å². The number of carbonyl (C=O) groups is 2. The molecule has 2 aromatic carbocycles. The molecule has 0 radical (unpaired) electrons. The topological polar surface area (TPSA) is 43.4 Å². The molecule has 0 aromatic heterocycles. The van der Waals surface area contributed by atoms with Crippen molar-refractivity contribution >= 4 is 23.5 Å². The van der Waals surface area contributed by atoms with Gasteiger partial charge in [-0.2, -0.15) is 0 Å². The van der Waals surface area contributed by atoms with Crippen molar-refractivity contribution in [2.45, 2.75) is 0 Å². The van der Waals surface area contributed by atoms with Crippen molar-refractivity contribution in [3.05, 3.63) is 70.7 Å². The van der Waals surface area contributed by atoms with Crippen molar-refractivity contribution in [3.63, 3.8) is 0 Å². The lowest BCUT2D eigenvalue weighted by Gasteiger charge is -2.03. The summed E-state index contributed by atoms with van der Waals surface area (Å²) in [6, 6.07) is 14.6. The molecule has 0 aliphatic heterocycles. The molecule has 0 heterocycles. The molecule has 0 bridgehead atoms. The summed E-state index contributed by atoms with van der Waals surface area (Å²) in [4.78, 5) is 23.3. The Morgan fingerprint density at radius 1 is 0.833 bits per heavy atom. The van der Waals surface area contributed by atoms with Crippen LogP contribution >= 0.6 is 11.6 Å². The van der Waals surface area contributed by atoms with Crippen molar-refractivity contribution in [2.24, 2.45) is 0 Å². The molecular weight excluding hydrogens is 252 g/mol. The van der Waals surface area contributed by atoms with Crippen LogP contribution in [0.25, 0.3) is 0 Å². The van der Waals surface area contributed by atoms with Crippen LogP contribution in [0.1, 0.15) is 20.7 Å². The second-order valence-corrected chi connectivity index (χ2v) is 3.99. The molecule has 0 amide bonds. The first-order chi connectivity index (χ1) is 8.66. The van der Waals surface area contributed by atoms with Gasteiger partial charge in [-0.15, -0.1) is 0 Å². The largest absolute Gasteiger partial charge is 0.386 e. The van der Waals surface area contributed by atoms with Crippen molar-refractivity contribution in [2.75, 3.05) is 0 Å². The molecule has 0 N–H and O–H groups in total. The molecule has 90 valence electrons. The molecule has 0 saturated carbocycles. The van der Waals surface area contributed by atoms with E-state index in [9.17, 15) is 9.59 Å². The van der Waals surface area contributed by atoms with Crippen LogP contribution in [-0.4, -0.2) is 11.9 Å². The first-order valence-electron chi connectivity index (χ1n) is 5.24. The second-order valence-electron chi connectivity index (χ2n) is 3.55. The van der Waals surface area contributed by atoms with E-state index in [2.05, 4.69) is 0 Å². The third-order valence-corrected chi connectivity index (χ3v) is 2.49. The number of ether oxygens (including phenoxy) is 1. The number of esters is 2. The predicted molar refractivity (Wildman–Crippen MR) is 67.6 cm³/mol. The number of carbonyl (C=O) groups excluding carboxylic acids is 2. The van der Waals surface area contributed by atoms with E-state index in [-0.39, 0.29) is 5.56 Å². The lowest BCUT2D eigenvalue weighted by Crippen LogP contribution is -2.12. The van der Waals surface area contributed by atoms with Crippen molar-refractivity contribution in [1.29, 1.82) is 0 Å². The molecule has 0 aliphatic carbocycles. The monoisotopic (exact) mass is 260 g/mol. The minimum Gasteiger partial charge on any atom is -0.386 e. The van der Waals surface area contributed by atoms with Gasteiger partial charge in [-0.25, -0.2) is 9.59 Å². The van der Waals surface area contributed by atoms with Gasteiger partial charge in [0, 0.05) is 5.02 Å². The summed E-state index contributed by atoms with van der Waals surface area (Å²) in [7, 11) is 0. The maximum absolute atomic E-state index is 11.7. The number of benzene rings is 2. The third kappa shape index (κ3) is 2.96. The molecule has 0 spiro atoms. The molecule has 3 nitrogen and oxygen atoms in total. The minimum atomic E-state index is -0.716. The summed E-state index contributed by atoms with van der Waals surface area (Å²) >= 11 is 5.75. The van der Waals surface area contributed by atoms with E-state index in [0.29, 0.717) is 10.6 Å². The highest BCUT2D eigenvalue weighted by atomic mass is 35.5. The van der Waals surface area contributed by atoms with Gasteiger partial charge in [0.05, 0.1) is 11.1 Å². The van der Waals surface area contributed by atoms with Crippen molar-refractivity contribution in [3.8, 4) is 0 Å². The third-order valence-electron chi connectivity index (χ3n) is 2.26. The molecule has 0 unspecified atom stereocenters. The van der Waals surface area contributed by atoms with Crippen LogP contribution in [-0.2, 0) is 4.74 Å². The zero-order valence-electron chi connectivity index (χ0n) is 9.30. The fourth-order valence-corrected chi connectivity index (χ4v) is 1.58. The number of hydrogen-bond donors (Lipinski definition) is 0. The highest BCUT2D eigenvalue weighted by molar-refractivity contribution is 6.30. The van der Waals surface area contributed by atoms with E-state index >= 15 is 0 Å². The van der Waals surface area contributed by atoms with Crippen LogP contribution in [0.2, 0.25) is 5.02 Å². The lowest BCUT2D eigenvalue weighted by molar-refractivity contribution is 0.0398. The Bertz CT molecular complexity index is 579. The Labute approximate surface area is 109 Å². The van der Waals surface area contributed by atoms with E-state index in [1.54, 1.807) is 42.5 Å². The van der Waals surface area contributed by atoms with Gasteiger partial charge in [0.1, 0.15) is 0 Å². The van der Waals surface area contributed by atoms with Gasteiger partial charge in [0.25, 0.3) is 0 Å². The SMILES string of the molecule is O=C(OC(=O)c1cccc(Cl)c1)c1ccccc1. The number of hydrogen-bond acceptors (Lipinski definition) is 3. The van der Waals surface area contributed by atoms with E-state index in [1.165, 1.54) is 12.1 Å². The van der Waals surface area contributed by atoms with Gasteiger partial charge in [-0.3, -0.25) is 0 Å². The Kier molecular flexibility index (Phi) is 3.75. The highest BCUT2D eigenvalue weighted by Crippen LogP contribution is 2.12. The number of halogens is 1. The van der Waals surface area contributed by atoms with Gasteiger partial charge in [-0.1, -0.05) is 35.9 Å². The summed E-state index contributed by atoms with van der Waals surface area (Å²) < 4.78 is 4.74. The zero-order valence-corrected chi connectivity index (χ0v) is 10.1. The van der Waals surface area contributed by atoms with E-state index in [1.807, 2.05) is 0 Å². The molecular formula is C14H9ClO3. The average Bonchev–Trinajstić information content (AvgIpc) is 2.39.